The Bertz CT molecular complexity index is 966. The highest BCUT2D eigenvalue weighted by molar-refractivity contribution is 6.16. The molecule has 0 aromatic heterocycles. The second kappa shape index (κ2) is 9.65. The molecule has 1 aliphatic heterocycles. The third-order valence-electron chi connectivity index (χ3n) is 5.22. The minimum absolute atomic E-state index is 0.149. The Morgan fingerprint density at radius 1 is 0.800 bits per heavy atom. The first kappa shape index (κ1) is 21.7. The van der Waals surface area contributed by atoms with Crippen LogP contribution in [0.3, 0.4) is 0 Å². The Kier molecular flexibility index (Phi) is 6.98. The first-order chi connectivity index (χ1) is 14.6. The third kappa shape index (κ3) is 4.13. The van der Waals surface area contributed by atoms with Crippen LogP contribution in [-0.2, 0) is 0 Å². The van der Waals surface area contributed by atoms with Crippen LogP contribution in [-0.4, -0.2) is 38.9 Å². The summed E-state index contributed by atoms with van der Waals surface area (Å²) in [5.41, 5.74) is 4.75. The summed E-state index contributed by atoms with van der Waals surface area (Å²) in [6.45, 7) is 9.20. The molecule has 0 bridgehead atoms. The summed E-state index contributed by atoms with van der Waals surface area (Å²) in [6, 6.07) is 9.90. The Hall–Kier alpha value is -3.02. The Morgan fingerprint density at radius 3 is 2.10 bits per heavy atom. The van der Waals surface area contributed by atoms with Gasteiger partial charge >= 0.3 is 0 Å². The van der Waals surface area contributed by atoms with Crippen molar-refractivity contribution in [2.24, 2.45) is 10.2 Å². The number of methoxy groups -OCH3 is 2. The molecule has 0 radical (unpaired) electrons. The lowest BCUT2D eigenvalue weighted by atomic mass is 9.85. The lowest BCUT2D eigenvalue weighted by molar-refractivity contribution is 0.310. The zero-order valence-corrected chi connectivity index (χ0v) is 18.6. The molecule has 0 spiro atoms. The number of hydrogen-bond acceptors (Lipinski definition) is 6. The Morgan fingerprint density at radius 2 is 1.47 bits per heavy atom. The van der Waals surface area contributed by atoms with Gasteiger partial charge in [-0.2, -0.15) is 5.10 Å². The number of benzene rings is 2. The zero-order valence-electron chi connectivity index (χ0n) is 18.6. The van der Waals surface area contributed by atoms with E-state index in [4.69, 9.17) is 18.9 Å². The minimum atomic E-state index is 0.149. The van der Waals surface area contributed by atoms with Crippen LogP contribution in [0.1, 0.15) is 56.7 Å². The molecule has 6 nitrogen and oxygen atoms in total. The molecule has 1 heterocycles. The number of fused-ring (bicyclic) bond motifs is 1. The number of ether oxygens (including phenoxy) is 4. The zero-order chi connectivity index (χ0) is 21.7. The van der Waals surface area contributed by atoms with E-state index < -0.39 is 0 Å². The van der Waals surface area contributed by atoms with Gasteiger partial charge in [0.15, 0.2) is 23.0 Å². The molecule has 2 aromatic carbocycles. The fourth-order valence-corrected chi connectivity index (χ4v) is 3.79. The van der Waals surface area contributed by atoms with Gasteiger partial charge in [-0.1, -0.05) is 6.92 Å². The van der Waals surface area contributed by atoms with E-state index in [0.717, 1.165) is 34.5 Å². The predicted molar refractivity (Wildman–Crippen MR) is 120 cm³/mol. The van der Waals surface area contributed by atoms with Gasteiger partial charge in [-0.25, -0.2) is 0 Å². The van der Waals surface area contributed by atoms with Crippen molar-refractivity contribution in [3.63, 3.8) is 0 Å². The monoisotopic (exact) mass is 410 g/mol. The molecule has 3 rings (SSSR count). The maximum Gasteiger partial charge on any atom is 0.161 e. The van der Waals surface area contributed by atoms with Gasteiger partial charge in [-0.3, -0.25) is 0 Å². The summed E-state index contributed by atoms with van der Waals surface area (Å²) < 4.78 is 22.7. The third-order valence-corrected chi connectivity index (χ3v) is 5.22. The summed E-state index contributed by atoms with van der Waals surface area (Å²) in [5, 5.41) is 9.18. The average Bonchev–Trinajstić information content (AvgIpc) is 2.89. The van der Waals surface area contributed by atoms with E-state index in [1.807, 2.05) is 45.0 Å². The van der Waals surface area contributed by atoms with Crippen LogP contribution in [0, 0.1) is 0 Å². The van der Waals surface area contributed by atoms with E-state index >= 15 is 0 Å². The van der Waals surface area contributed by atoms with Gasteiger partial charge in [-0.05, 0) is 63.1 Å². The van der Waals surface area contributed by atoms with Crippen molar-refractivity contribution in [2.75, 3.05) is 27.4 Å². The molecule has 2 aromatic rings. The fourth-order valence-electron chi connectivity index (χ4n) is 3.79. The lowest BCUT2D eigenvalue weighted by Gasteiger charge is -2.20. The molecule has 1 aliphatic rings. The second-order valence-corrected chi connectivity index (χ2v) is 6.97. The first-order valence-electron chi connectivity index (χ1n) is 10.4. The van der Waals surface area contributed by atoms with E-state index in [0.29, 0.717) is 36.2 Å². The van der Waals surface area contributed by atoms with Crippen LogP contribution in [0.15, 0.2) is 40.5 Å². The summed E-state index contributed by atoms with van der Waals surface area (Å²) in [4.78, 5) is 0. The van der Waals surface area contributed by atoms with E-state index in [1.54, 1.807) is 14.2 Å². The van der Waals surface area contributed by atoms with Gasteiger partial charge in [-0.15, -0.1) is 5.10 Å². The van der Waals surface area contributed by atoms with Crippen LogP contribution in [0.4, 0.5) is 0 Å². The van der Waals surface area contributed by atoms with Crippen molar-refractivity contribution < 1.29 is 18.9 Å². The molecule has 0 N–H and O–H groups in total. The lowest BCUT2D eigenvalue weighted by Crippen LogP contribution is -2.13. The summed E-state index contributed by atoms with van der Waals surface area (Å²) in [6.07, 6.45) is 0.912. The highest BCUT2D eigenvalue weighted by Gasteiger charge is 2.26. The van der Waals surface area contributed by atoms with Crippen LogP contribution >= 0.6 is 0 Å². The highest BCUT2D eigenvalue weighted by Crippen LogP contribution is 2.39. The van der Waals surface area contributed by atoms with E-state index in [-0.39, 0.29) is 5.92 Å². The molecule has 0 aliphatic carbocycles. The van der Waals surface area contributed by atoms with E-state index in [1.165, 1.54) is 0 Å². The Labute approximate surface area is 178 Å². The molecular formula is C24H30N2O4. The molecule has 0 saturated carbocycles. The summed E-state index contributed by atoms with van der Waals surface area (Å²) >= 11 is 0. The number of nitrogens with zero attached hydrogens (tertiary/aromatic N) is 2. The molecule has 1 unspecified atom stereocenters. The van der Waals surface area contributed by atoms with Gasteiger partial charge in [0.05, 0.1) is 27.4 Å². The molecule has 0 amide bonds. The van der Waals surface area contributed by atoms with Crippen molar-refractivity contribution >= 4 is 11.4 Å². The molecule has 0 fully saturated rings. The second-order valence-electron chi connectivity index (χ2n) is 6.97. The SMILES string of the molecule is CCOc1ccc(C2=NN=C(C)C(CC)c3cc(OC)c(OCC)cc32)cc1OC. The molecule has 160 valence electrons. The van der Waals surface area contributed by atoms with E-state index in [2.05, 4.69) is 23.2 Å². The Balaban J connectivity index is 2.22. The van der Waals surface area contributed by atoms with Crippen molar-refractivity contribution in [3.8, 4) is 23.0 Å². The van der Waals surface area contributed by atoms with E-state index in [9.17, 15) is 0 Å². The predicted octanol–water partition coefficient (Wildman–Crippen LogP) is 5.22. The largest absolute Gasteiger partial charge is 0.493 e. The van der Waals surface area contributed by atoms with Gasteiger partial charge in [0.1, 0.15) is 5.71 Å². The summed E-state index contributed by atoms with van der Waals surface area (Å²) in [7, 11) is 3.30. The first-order valence-corrected chi connectivity index (χ1v) is 10.4. The number of hydrogen-bond donors (Lipinski definition) is 0. The maximum atomic E-state index is 5.85. The normalized spacial score (nSPS) is 15.5. The standard InChI is InChI=1S/C24H30N2O4/c1-7-17-15(4)25-26-24(16-10-11-20(29-8-2)21(12-16)27-5)19-14-23(30-9-3)22(28-6)13-18(17)19/h10-14,17H,7-9H2,1-6H3. The molecule has 0 saturated heterocycles. The summed E-state index contributed by atoms with van der Waals surface area (Å²) in [5.74, 6) is 2.92. The maximum absolute atomic E-state index is 5.85. The van der Waals surface area contributed by atoms with Gasteiger partial charge in [0.2, 0.25) is 0 Å². The molecule has 6 heteroatoms. The highest BCUT2D eigenvalue weighted by atomic mass is 16.5. The van der Waals surface area contributed by atoms with Gasteiger partial charge in [0, 0.05) is 22.8 Å². The molecule has 1 atom stereocenters. The smallest absolute Gasteiger partial charge is 0.161 e. The van der Waals surface area contributed by atoms with Crippen molar-refractivity contribution in [2.45, 2.75) is 40.0 Å². The van der Waals surface area contributed by atoms with Crippen molar-refractivity contribution in [1.82, 2.24) is 0 Å². The topological polar surface area (TPSA) is 61.6 Å². The number of rotatable bonds is 8. The molecule has 30 heavy (non-hydrogen) atoms. The average molecular weight is 411 g/mol. The van der Waals surface area contributed by atoms with Gasteiger partial charge < -0.3 is 18.9 Å². The van der Waals surface area contributed by atoms with Gasteiger partial charge in [0.25, 0.3) is 0 Å². The van der Waals surface area contributed by atoms with Crippen LogP contribution in [0.2, 0.25) is 0 Å². The quantitative estimate of drug-likeness (QED) is 0.598. The fraction of sp³-hybridized carbons (Fsp3) is 0.417. The van der Waals surface area contributed by atoms with Crippen molar-refractivity contribution in [3.05, 3.63) is 47.0 Å². The van der Waals surface area contributed by atoms with Crippen LogP contribution in [0.25, 0.3) is 0 Å². The molecular weight excluding hydrogens is 380 g/mol. The minimum Gasteiger partial charge on any atom is -0.493 e. The van der Waals surface area contributed by atoms with Crippen LogP contribution < -0.4 is 18.9 Å². The van der Waals surface area contributed by atoms with Crippen LogP contribution in [0.5, 0.6) is 23.0 Å². The van der Waals surface area contributed by atoms with Crippen molar-refractivity contribution in [1.29, 1.82) is 0 Å².